The Labute approximate surface area is 124 Å². The average Bonchev–Trinajstić information content (AvgIpc) is 2.37. The van der Waals surface area contributed by atoms with E-state index >= 15 is 0 Å². The van der Waals surface area contributed by atoms with Gasteiger partial charge in [-0.15, -0.1) is 0 Å². The summed E-state index contributed by atoms with van der Waals surface area (Å²) in [6.45, 7) is 5.51. The van der Waals surface area contributed by atoms with Crippen LogP contribution >= 0.6 is 11.6 Å². The average molecular weight is 296 g/mol. The van der Waals surface area contributed by atoms with Crippen molar-refractivity contribution in [2.45, 2.75) is 33.3 Å². The minimum Gasteiger partial charge on any atom is -0.496 e. The lowest BCUT2D eigenvalue weighted by Gasteiger charge is -2.24. The third-order valence-corrected chi connectivity index (χ3v) is 3.12. The first kappa shape index (κ1) is 16.3. The van der Waals surface area contributed by atoms with E-state index < -0.39 is 17.5 Å². The Kier molecular flexibility index (Phi) is 5.41. The van der Waals surface area contributed by atoms with E-state index in [0.717, 1.165) is 0 Å². The highest BCUT2D eigenvalue weighted by Crippen LogP contribution is 2.28. The van der Waals surface area contributed by atoms with Crippen LogP contribution in [0.15, 0.2) is 18.2 Å². The van der Waals surface area contributed by atoms with Crippen molar-refractivity contribution in [3.8, 4) is 11.8 Å². The molecule has 20 heavy (non-hydrogen) atoms. The number of halogens is 1. The first-order valence-electron chi connectivity index (χ1n) is 6.20. The van der Waals surface area contributed by atoms with Gasteiger partial charge < -0.3 is 9.47 Å². The zero-order valence-electron chi connectivity index (χ0n) is 12.1. The fourth-order valence-electron chi connectivity index (χ4n) is 1.62. The second kappa shape index (κ2) is 6.62. The van der Waals surface area contributed by atoms with Crippen molar-refractivity contribution in [3.05, 3.63) is 28.8 Å². The Hall–Kier alpha value is -1.73. The summed E-state index contributed by atoms with van der Waals surface area (Å²) in [5.41, 5.74) is 0.127. The highest BCUT2D eigenvalue weighted by molar-refractivity contribution is 6.31. The molecule has 0 radical (unpaired) electrons. The molecule has 0 saturated heterocycles. The van der Waals surface area contributed by atoms with Gasteiger partial charge in [0.05, 0.1) is 13.5 Å². The van der Waals surface area contributed by atoms with Gasteiger partial charge in [-0.25, -0.2) is 0 Å². The van der Waals surface area contributed by atoms with E-state index in [-0.39, 0.29) is 6.42 Å². The molecule has 0 saturated carbocycles. The maximum atomic E-state index is 12.0. The Morgan fingerprint density at radius 3 is 2.60 bits per heavy atom. The van der Waals surface area contributed by atoms with Gasteiger partial charge in [0, 0.05) is 16.0 Å². The third-order valence-electron chi connectivity index (χ3n) is 2.77. The molecule has 0 unspecified atom stereocenters. The van der Waals surface area contributed by atoms with E-state index in [1.807, 2.05) is 26.8 Å². The lowest BCUT2D eigenvalue weighted by atomic mass is 9.90. The number of nitriles is 1. The lowest BCUT2D eigenvalue weighted by molar-refractivity contribution is -0.149. The van der Waals surface area contributed by atoms with Crippen molar-refractivity contribution in [1.29, 1.82) is 5.26 Å². The van der Waals surface area contributed by atoms with Crippen LogP contribution in [0.4, 0.5) is 0 Å². The number of hydrogen-bond donors (Lipinski definition) is 0. The minimum atomic E-state index is -0.802. The minimum absolute atomic E-state index is 0.0306. The van der Waals surface area contributed by atoms with E-state index in [1.54, 1.807) is 18.2 Å². The second-order valence-electron chi connectivity index (χ2n) is 5.46. The van der Waals surface area contributed by atoms with E-state index in [1.165, 1.54) is 7.11 Å². The number of carbonyl (C=O) groups excluding carboxylic acids is 1. The number of carbonyl (C=O) groups is 1. The lowest BCUT2D eigenvalue weighted by Crippen LogP contribution is -2.30. The van der Waals surface area contributed by atoms with Gasteiger partial charge in [-0.2, -0.15) is 5.26 Å². The molecule has 1 aromatic rings. The Balaban J connectivity index is 2.85. The summed E-state index contributed by atoms with van der Waals surface area (Å²) < 4.78 is 10.4. The van der Waals surface area contributed by atoms with Gasteiger partial charge in [0.15, 0.2) is 6.10 Å². The van der Waals surface area contributed by atoms with Crippen LogP contribution in [-0.4, -0.2) is 19.2 Å². The zero-order valence-corrected chi connectivity index (χ0v) is 12.8. The molecule has 0 spiro atoms. The molecule has 0 N–H and O–H groups in total. The van der Waals surface area contributed by atoms with Gasteiger partial charge in [-0.05, 0) is 12.1 Å². The molecule has 0 fully saturated rings. The molecular formula is C15H18ClNO3. The molecule has 0 heterocycles. The van der Waals surface area contributed by atoms with Crippen LogP contribution in [0.1, 0.15) is 26.3 Å². The molecule has 1 atom stereocenters. The van der Waals surface area contributed by atoms with Crippen molar-refractivity contribution in [3.63, 3.8) is 0 Å². The van der Waals surface area contributed by atoms with Crippen LogP contribution in [0.3, 0.4) is 0 Å². The van der Waals surface area contributed by atoms with E-state index in [4.69, 9.17) is 26.3 Å². The number of hydrogen-bond acceptors (Lipinski definition) is 4. The number of benzene rings is 1. The van der Waals surface area contributed by atoms with Crippen molar-refractivity contribution in [1.82, 2.24) is 0 Å². The number of esters is 1. The Morgan fingerprint density at radius 1 is 1.45 bits per heavy atom. The molecule has 1 rings (SSSR count). The van der Waals surface area contributed by atoms with Crippen molar-refractivity contribution in [2.24, 2.45) is 5.41 Å². The van der Waals surface area contributed by atoms with Crippen molar-refractivity contribution in [2.75, 3.05) is 7.11 Å². The quantitative estimate of drug-likeness (QED) is 0.799. The molecule has 0 amide bonds. The van der Waals surface area contributed by atoms with Crippen LogP contribution in [0.5, 0.6) is 5.75 Å². The van der Waals surface area contributed by atoms with Crippen LogP contribution in [0.2, 0.25) is 5.02 Å². The highest BCUT2D eigenvalue weighted by Gasteiger charge is 2.28. The first-order valence-corrected chi connectivity index (χ1v) is 6.58. The monoisotopic (exact) mass is 295 g/mol. The highest BCUT2D eigenvalue weighted by atomic mass is 35.5. The normalized spacial score (nSPS) is 12.4. The summed E-state index contributed by atoms with van der Waals surface area (Å²) in [6, 6.07) is 7.13. The van der Waals surface area contributed by atoms with Crippen LogP contribution in [0.25, 0.3) is 0 Å². The van der Waals surface area contributed by atoms with Gasteiger partial charge in [0.25, 0.3) is 0 Å². The Bertz CT molecular complexity index is 529. The molecule has 108 valence electrons. The van der Waals surface area contributed by atoms with E-state index in [9.17, 15) is 4.79 Å². The summed E-state index contributed by atoms with van der Waals surface area (Å²) in [5.74, 6) is 0.0246. The maximum Gasteiger partial charge on any atom is 0.311 e. The SMILES string of the molecule is COc1cccc(Cl)c1CC(=O)O[C@H](C#N)C(C)(C)C. The molecule has 0 aliphatic rings. The summed E-state index contributed by atoms with van der Waals surface area (Å²) in [4.78, 5) is 12.0. The molecule has 0 aliphatic carbocycles. The van der Waals surface area contributed by atoms with E-state index in [2.05, 4.69) is 0 Å². The fourth-order valence-corrected chi connectivity index (χ4v) is 1.85. The maximum absolute atomic E-state index is 12.0. The third kappa shape index (κ3) is 4.14. The largest absolute Gasteiger partial charge is 0.496 e. The topological polar surface area (TPSA) is 59.3 Å². The summed E-state index contributed by atoms with van der Waals surface area (Å²) in [7, 11) is 1.51. The van der Waals surface area contributed by atoms with Crippen LogP contribution in [0, 0.1) is 16.7 Å². The molecule has 0 aromatic heterocycles. The molecule has 4 nitrogen and oxygen atoms in total. The van der Waals surface area contributed by atoms with Gasteiger partial charge in [-0.3, -0.25) is 4.79 Å². The Morgan fingerprint density at radius 2 is 2.10 bits per heavy atom. The number of methoxy groups -OCH3 is 1. The number of nitrogens with zero attached hydrogens (tertiary/aromatic N) is 1. The fraction of sp³-hybridized carbons (Fsp3) is 0.467. The van der Waals surface area contributed by atoms with Crippen LogP contribution < -0.4 is 4.74 Å². The zero-order chi connectivity index (χ0) is 15.3. The molecular weight excluding hydrogens is 278 g/mol. The van der Waals surface area contributed by atoms with Crippen molar-refractivity contribution >= 4 is 17.6 Å². The second-order valence-corrected chi connectivity index (χ2v) is 5.87. The standard InChI is InChI=1S/C15H18ClNO3/c1-15(2,3)13(9-17)20-14(18)8-10-11(16)6-5-7-12(10)19-4/h5-7,13H,8H2,1-4H3/t13-/m1/s1. The molecule has 1 aromatic carbocycles. The van der Waals surface area contributed by atoms with Crippen LogP contribution in [-0.2, 0) is 16.0 Å². The van der Waals surface area contributed by atoms with Gasteiger partial charge in [-0.1, -0.05) is 38.4 Å². The van der Waals surface area contributed by atoms with Gasteiger partial charge >= 0.3 is 5.97 Å². The first-order chi connectivity index (χ1) is 9.29. The number of rotatable bonds is 4. The summed E-state index contributed by atoms with van der Waals surface area (Å²) in [5, 5.41) is 9.49. The predicted octanol–water partition coefficient (Wildman–Crippen LogP) is 3.37. The van der Waals surface area contributed by atoms with Crippen molar-refractivity contribution < 1.29 is 14.3 Å². The van der Waals surface area contributed by atoms with E-state index in [0.29, 0.717) is 16.3 Å². The summed E-state index contributed by atoms with van der Waals surface area (Å²) in [6.07, 6.45) is -0.833. The smallest absolute Gasteiger partial charge is 0.311 e. The molecule has 0 aliphatic heterocycles. The summed E-state index contributed by atoms with van der Waals surface area (Å²) >= 11 is 6.06. The van der Waals surface area contributed by atoms with Gasteiger partial charge in [0.1, 0.15) is 11.8 Å². The van der Waals surface area contributed by atoms with Gasteiger partial charge in [0.2, 0.25) is 0 Å². The molecule has 0 bridgehead atoms. The predicted molar refractivity (Wildman–Crippen MR) is 76.7 cm³/mol. The number of ether oxygens (including phenoxy) is 2. The molecule has 5 heteroatoms.